The van der Waals surface area contributed by atoms with Crippen molar-refractivity contribution < 1.29 is 14.0 Å². The molecular formula is C28H36FN3O2. The second kappa shape index (κ2) is 10.9. The van der Waals surface area contributed by atoms with Gasteiger partial charge in [-0.1, -0.05) is 51.1 Å². The Balaban J connectivity index is 1.78. The van der Waals surface area contributed by atoms with E-state index in [1.165, 1.54) is 12.1 Å². The number of H-pyrrole nitrogens is 1. The topological polar surface area (TPSA) is 56.4 Å². The molecule has 34 heavy (non-hydrogen) atoms. The Morgan fingerprint density at radius 3 is 2.32 bits per heavy atom. The van der Waals surface area contributed by atoms with Crippen LogP contribution in [0, 0.1) is 11.2 Å². The molecule has 0 fully saturated rings. The van der Waals surface area contributed by atoms with Gasteiger partial charge in [-0.25, -0.2) is 4.39 Å². The first-order valence-corrected chi connectivity index (χ1v) is 11.9. The van der Waals surface area contributed by atoms with Crippen molar-refractivity contribution in [3.8, 4) is 0 Å². The lowest BCUT2D eigenvalue weighted by molar-refractivity contribution is -0.143. The third-order valence-corrected chi connectivity index (χ3v) is 5.90. The number of para-hydroxylation sites is 1. The van der Waals surface area contributed by atoms with Gasteiger partial charge < -0.3 is 14.8 Å². The molecule has 2 amide bonds. The van der Waals surface area contributed by atoms with E-state index >= 15 is 0 Å². The van der Waals surface area contributed by atoms with Gasteiger partial charge in [0.15, 0.2) is 0 Å². The fourth-order valence-electron chi connectivity index (χ4n) is 4.06. The molecule has 0 atom stereocenters. The molecule has 182 valence electrons. The van der Waals surface area contributed by atoms with Crippen LogP contribution < -0.4 is 0 Å². The third kappa shape index (κ3) is 6.92. The largest absolute Gasteiger partial charge is 0.361 e. The number of nitrogens with zero attached hydrogens (tertiary/aromatic N) is 2. The summed E-state index contributed by atoms with van der Waals surface area (Å²) in [6.45, 7) is 10.8. The van der Waals surface area contributed by atoms with Gasteiger partial charge in [0.25, 0.3) is 0 Å². The molecule has 0 aliphatic rings. The summed E-state index contributed by atoms with van der Waals surface area (Å²) in [5.74, 6) is -0.437. The average molecular weight is 466 g/mol. The van der Waals surface area contributed by atoms with Crippen molar-refractivity contribution in [3.05, 3.63) is 71.7 Å². The number of carbonyl (C=O) groups excluding carboxylic acids is 2. The van der Waals surface area contributed by atoms with Crippen molar-refractivity contribution in [3.63, 3.8) is 0 Å². The zero-order valence-electron chi connectivity index (χ0n) is 20.9. The Hall–Kier alpha value is -3.15. The molecule has 1 N–H and O–H groups in total. The van der Waals surface area contributed by atoms with Crippen molar-refractivity contribution in [2.75, 3.05) is 13.1 Å². The molecule has 5 nitrogen and oxygen atoms in total. The molecule has 0 radical (unpaired) electrons. The minimum absolute atomic E-state index is 0.0192. The Labute approximate surface area is 201 Å². The number of halogens is 1. The monoisotopic (exact) mass is 465 g/mol. The van der Waals surface area contributed by atoms with Crippen molar-refractivity contribution >= 4 is 22.7 Å². The highest BCUT2D eigenvalue weighted by atomic mass is 19.1. The smallest absolute Gasteiger partial charge is 0.242 e. The van der Waals surface area contributed by atoms with Gasteiger partial charge in [0.2, 0.25) is 11.8 Å². The Kier molecular flexibility index (Phi) is 8.13. The summed E-state index contributed by atoms with van der Waals surface area (Å²) in [5.41, 5.74) is 2.90. The molecule has 0 bridgehead atoms. The van der Waals surface area contributed by atoms with Gasteiger partial charge in [0, 0.05) is 42.7 Å². The van der Waals surface area contributed by atoms with Crippen molar-refractivity contribution in [1.82, 2.24) is 14.8 Å². The molecule has 6 heteroatoms. The van der Waals surface area contributed by atoms with E-state index in [-0.39, 0.29) is 35.6 Å². The van der Waals surface area contributed by atoms with Gasteiger partial charge in [0.1, 0.15) is 5.82 Å². The van der Waals surface area contributed by atoms with Gasteiger partial charge in [-0.05, 0) is 55.0 Å². The lowest BCUT2D eigenvalue weighted by Crippen LogP contribution is -2.46. The van der Waals surface area contributed by atoms with Crippen LogP contribution in [0.5, 0.6) is 0 Å². The number of hydrogen-bond acceptors (Lipinski definition) is 2. The van der Waals surface area contributed by atoms with Crippen LogP contribution in [-0.2, 0) is 22.6 Å². The van der Waals surface area contributed by atoms with Crippen molar-refractivity contribution in [2.45, 2.75) is 60.0 Å². The molecule has 0 unspecified atom stereocenters. The highest BCUT2D eigenvalue weighted by Crippen LogP contribution is 2.22. The fourth-order valence-corrected chi connectivity index (χ4v) is 4.06. The summed E-state index contributed by atoms with van der Waals surface area (Å²) in [6, 6.07) is 14.2. The van der Waals surface area contributed by atoms with Crippen LogP contribution in [0.25, 0.3) is 10.9 Å². The first kappa shape index (κ1) is 25.5. The SMILES string of the molecule is CC(C)N(CC(=O)N(CCc1c[nH]c2ccccc12)Cc1ccc(F)cc1)C(=O)CC(C)(C)C. The van der Waals surface area contributed by atoms with Gasteiger partial charge >= 0.3 is 0 Å². The highest BCUT2D eigenvalue weighted by Gasteiger charge is 2.27. The highest BCUT2D eigenvalue weighted by molar-refractivity contribution is 5.86. The molecule has 1 heterocycles. The molecule has 3 rings (SSSR count). The number of benzene rings is 2. The molecule has 0 aliphatic heterocycles. The Morgan fingerprint density at radius 2 is 1.68 bits per heavy atom. The predicted octanol–water partition coefficient (Wildman–Crippen LogP) is 5.55. The number of aromatic nitrogens is 1. The molecule has 0 spiro atoms. The van der Waals surface area contributed by atoms with Gasteiger partial charge in [-0.2, -0.15) is 0 Å². The molecular weight excluding hydrogens is 429 g/mol. The van der Waals surface area contributed by atoms with E-state index < -0.39 is 0 Å². The number of hydrogen-bond donors (Lipinski definition) is 1. The van der Waals surface area contributed by atoms with E-state index in [0.29, 0.717) is 25.9 Å². The van der Waals surface area contributed by atoms with Crippen molar-refractivity contribution in [1.29, 1.82) is 0 Å². The van der Waals surface area contributed by atoms with E-state index in [1.54, 1.807) is 21.9 Å². The third-order valence-electron chi connectivity index (χ3n) is 5.90. The second-order valence-electron chi connectivity index (χ2n) is 10.4. The summed E-state index contributed by atoms with van der Waals surface area (Å²) in [4.78, 5) is 33.1. The normalized spacial score (nSPS) is 11.7. The minimum Gasteiger partial charge on any atom is -0.361 e. The number of nitrogens with one attached hydrogen (secondary N) is 1. The van der Waals surface area contributed by atoms with E-state index in [1.807, 2.05) is 59.0 Å². The van der Waals surface area contributed by atoms with Crippen LogP contribution in [0.2, 0.25) is 0 Å². The maximum atomic E-state index is 13.5. The molecule has 2 aromatic carbocycles. The second-order valence-corrected chi connectivity index (χ2v) is 10.4. The van der Waals surface area contributed by atoms with Gasteiger partial charge in [0.05, 0.1) is 6.54 Å². The molecule has 1 aromatic heterocycles. The van der Waals surface area contributed by atoms with Gasteiger partial charge in [-0.3, -0.25) is 9.59 Å². The zero-order valence-corrected chi connectivity index (χ0v) is 20.9. The quantitative estimate of drug-likeness (QED) is 0.450. The molecule has 0 saturated heterocycles. The van der Waals surface area contributed by atoms with Crippen LogP contribution in [0.1, 0.15) is 52.2 Å². The Bertz CT molecular complexity index is 1110. The van der Waals surface area contributed by atoms with Crippen LogP contribution in [0.15, 0.2) is 54.7 Å². The van der Waals surface area contributed by atoms with E-state index in [2.05, 4.69) is 11.1 Å². The summed E-state index contributed by atoms with van der Waals surface area (Å²) in [6.07, 6.45) is 3.04. The number of aromatic amines is 1. The number of fused-ring (bicyclic) bond motifs is 1. The lowest BCUT2D eigenvalue weighted by Gasteiger charge is -2.32. The summed E-state index contributed by atoms with van der Waals surface area (Å²) >= 11 is 0. The number of carbonyl (C=O) groups is 2. The van der Waals surface area contributed by atoms with Crippen LogP contribution in [-0.4, -0.2) is 45.7 Å². The van der Waals surface area contributed by atoms with Gasteiger partial charge in [-0.15, -0.1) is 0 Å². The fraction of sp³-hybridized carbons (Fsp3) is 0.429. The summed E-state index contributed by atoms with van der Waals surface area (Å²) in [7, 11) is 0. The Morgan fingerprint density at radius 1 is 1.00 bits per heavy atom. The maximum Gasteiger partial charge on any atom is 0.242 e. The first-order chi connectivity index (χ1) is 16.0. The van der Waals surface area contributed by atoms with Crippen LogP contribution in [0.4, 0.5) is 4.39 Å². The average Bonchev–Trinajstić information content (AvgIpc) is 3.17. The maximum absolute atomic E-state index is 13.5. The summed E-state index contributed by atoms with van der Waals surface area (Å²) in [5, 5.41) is 1.14. The lowest BCUT2D eigenvalue weighted by atomic mass is 9.91. The number of amides is 2. The predicted molar refractivity (Wildman–Crippen MR) is 135 cm³/mol. The van der Waals surface area contributed by atoms with E-state index in [9.17, 15) is 14.0 Å². The van der Waals surface area contributed by atoms with E-state index in [4.69, 9.17) is 0 Å². The molecule has 3 aromatic rings. The molecule has 0 aliphatic carbocycles. The molecule has 0 saturated carbocycles. The van der Waals surface area contributed by atoms with Crippen molar-refractivity contribution in [2.24, 2.45) is 5.41 Å². The standard InChI is InChI=1S/C28H36FN3O2/c1-20(2)32(26(33)16-28(3,4)5)19-27(34)31(18-21-10-12-23(29)13-11-21)15-14-22-17-30-25-9-7-6-8-24(22)25/h6-13,17,20,30H,14-16,18-19H2,1-5H3. The number of rotatable bonds is 9. The zero-order chi connectivity index (χ0) is 24.9. The van der Waals surface area contributed by atoms with Crippen LogP contribution >= 0.6 is 0 Å². The first-order valence-electron chi connectivity index (χ1n) is 11.9. The van der Waals surface area contributed by atoms with Crippen LogP contribution in [0.3, 0.4) is 0 Å². The summed E-state index contributed by atoms with van der Waals surface area (Å²) < 4.78 is 13.4. The van der Waals surface area contributed by atoms with E-state index in [0.717, 1.165) is 22.0 Å². The minimum atomic E-state index is -0.306.